The molecule has 0 N–H and O–H groups in total. The van der Waals surface area contributed by atoms with Crippen LogP contribution in [-0.2, 0) is 14.2 Å². The number of methoxy groups -OCH3 is 1. The predicted octanol–water partition coefficient (Wildman–Crippen LogP) is 3.51. The van der Waals surface area contributed by atoms with E-state index >= 15 is 0 Å². The maximum atomic E-state index is 12.4. The molecule has 0 aliphatic heterocycles. The van der Waals surface area contributed by atoms with Crippen LogP contribution in [0.15, 0.2) is 29.3 Å². The van der Waals surface area contributed by atoms with Crippen molar-refractivity contribution in [2.24, 2.45) is 4.99 Å². The zero-order valence-corrected chi connectivity index (χ0v) is 13.1. The molecule has 1 rings (SSSR count). The van der Waals surface area contributed by atoms with Crippen molar-refractivity contribution in [1.82, 2.24) is 0 Å². The molecule has 0 saturated carbocycles. The van der Waals surface area contributed by atoms with Gasteiger partial charge in [0, 0.05) is 7.11 Å². The number of alkyl halides is 3. The van der Waals surface area contributed by atoms with Gasteiger partial charge in [0.05, 0.1) is 24.5 Å². The highest BCUT2D eigenvalue weighted by atomic mass is 35.5. The van der Waals surface area contributed by atoms with Gasteiger partial charge in [0.25, 0.3) is 0 Å². The third-order valence-electron chi connectivity index (χ3n) is 2.35. The first-order chi connectivity index (χ1) is 10.9. The lowest BCUT2D eigenvalue weighted by molar-refractivity contribution is -0.0560. The van der Waals surface area contributed by atoms with E-state index in [-0.39, 0.29) is 19.1 Å². The van der Waals surface area contributed by atoms with Crippen LogP contribution < -0.4 is 0 Å². The Morgan fingerprint density at radius 2 is 1.96 bits per heavy atom. The summed E-state index contributed by atoms with van der Waals surface area (Å²) in [6.07, 6.45) is -4.69. The minimum Gasteiger partial charge on any atom is -0.382 e. The molecule has 0 atom stereocenters. The lowest BCUT2D eigenvalue weighted by Crippen LogP contribution is -2.16. The van der Waals surface area contributed by atoms with E-state index in [1.54, 1.807) is 25.3 Å². The van der Waals surface area contributed by atoms with Crippen molar-refractivity contribution in [3.63, 3.8) is 0 Å². The molecule has 0 unspecified atom stereocenters. The Labute approximate surface area is 137 Å². The largest absolute Gasteiger partial charge is 0.444 e. The van der Waals surface area contributed by atoms with Crippen molar-refractivity contribution in [3.8, 4) is 11.8 Å². The van der Waals surface area contributed by atoms with Crippen LogP contribution in [0.4, 0.5) is 18.9 Å². The van der Waals surface area contributed by atoms with Crippen molar-refractivity contribution < 1.29 is 27.4 Å². The highest BCUT2D eigenvalue weighted by Gasteiger charge is 2.34. The minimum atomic E-state index is -4.69. The highest BCUT2D eigenvalue weighted by molar-refractivity contribution is 6.67. The van der Waals surface area contributed by atoms with Crippen LogP contribution in [0.3, 0.4) is 0 Å². The number of para-hydroxylation sites is 1. The fraction of sp³-hybridized carbons (Fsp3) is 0.400. The summed E-state index contributed by atoms with van der Waals surface area (Å²) in [7, 11) is 1.56. The molecule has 1 aromatic rings. The standard InChI is InChI=1S/C15H15ClF3NO3/c1-21-9-10-23-11-22-8-4-6-12-5-2-3-7-13(12)20-14(16)15(17,18)19/h2-3,5,7H,8-11H2,1H3. The number of benzene rings is 1. The van der Waals surface area contributed by atoms with Gasteiger partial charge in [-0.3, -0.25) is 0 Å². The number of hydrogen-bond donors (Lipinski definition) is 0. The molecular weight excluding hydrogens is 335 g/mol. The molecule has 0 bridgehead atoms. The maximum absolute atomic E-state index is 12.4. The molecule has 0 heterocycles. The van der Waals surface area contributed by atoms with Crippen molar-refractivity contribution in [2.45, 2.75) is 6.18 Å². The van der Waals surface area contributed by atoms with Gasteiger partial charge in [0.1, 0.15) is 13.4 Å². The quantitative estimate of drug-likeness (QED) is 0.327. The van der Waals surface area contributed by atoms with Gasteiger partial charge in [-0.15, -0.1) is 0 Å². The second-order valence-corrected chi connectivity index (χ2v) is 4.44. The summed E-state index contributed by atoms with van der Waals surface area (Å²) in [5.41, 5.74) is 0.359. The van der Waals surface area contributed by atoms with E-state index in [9.17, 15) is 13.2 Å². The molecule has 0 aromatic heterocycles. The van der Waals surface area contributed by atoms with E-state index in [0.29, 0.717) is 18.8 Å². The summed E-state index contributed by atoms with van der Waals surface area (Å²) in [6, 6.07) is 6.12. The van der Waals surface area contributed by atoms with Crippen LogP contribution in [0.25, 0.3) is 0 Å². The van der Waals surface area contributed by atoms with Gasteiger partial charge in [-0.25, -0.2) is 4.99 Å². The Morgan fingerprint density at radius 3 is 2.65 bits per heavy atom. The molecule has 0 aliphatic rings. The Hall–Kier alpha value is -1.59. The second kappa shape index (κ2) is 10.2. The van der Waals surface area contributed by atoms with Crippen LogP contribution in [0.1, 0.15) is 5.56 Å². The summed E-state index contributed by atoms with van der Waals surface area (Å²) in [4.78, 5) is 3.35. The van der Waals surface area contributed by atoms with E-state index in [2.05, 4.69) is 16.8 Å². The normalized spacial score (nSPS) is 12.0. The van der Waals surface area contributed by atoms with Crippen LogP contribution in [0.2, 0.25) is 0 Å². The topological polar surface area (TPSA) is 40.0 Å². The van der Waals surface area contributed by atoms with Gasteiger partial charge in [0.15, 0.2) is 0 Å². The van der Waals surface area contributed by atoms with Crippen molar-refractivity contribution in [3.05, 3.63) is 29.8 Å². The van der Waals surface area contributed by atoms with Crippen molar-refractivity contribution in [2.75, 3.05) is 33.7 Å². The molecule has 23 heavy (non-hydrogen) atoms. The molecule has 126 valence electrons. The summed E-state index contributed by atoms with van der Waals surface area (Å²) in [5.74, 6) is 5.35. The van der Waals surface area contributed by atoms with Crippen molar-refractivity contribution >= 4 is 22.5 Å². The Bertz CT molecular complexity index is 579. The Balaban J connectivity index is 2.60. The van der Waals surface area contributed by atoms with E-state index in [0.717, 1.165) is 0 Å². The van der Waals surface area contributed by atoms with Crippen LogP contribution in [-0.4, -0.2) is 45.1 Å². The van der Waals surface area contributed by atoms with Gasteiger partial charge in [-0.1, -0.05) is 35.6 Å². The van der Waals surface area contributed by atoms with Gasteiger partial charge in [-0.2, -0.15) is 13.2 Å². The number of nitrogens with zero attached hydrogens (tertiary/aromatic N) is 1. The summed E-state index contributed by atoms with van der Waals surface area (Å²) in [5, 5.41) is -1.45. The fourth-order valence-corrected chi connectivity index (χ4v) is 1.42. The zero-order valence-electron chi connectivity index (χ0n) is 12.3. The number of ether oxygens (including phenoxy) is 3. The zero-order chi connectivity index (χ0) is 17.1. The number of rotatable bonds is 7. The Kier molecular flexibility index (Phi) is 8.66. The number of aliphatic imine (C=N–C) groups is 1. The predicted molar refractivity (Wildman–Crippen MR) is 81.0 cm³/mol. The van der Waals surface area contributed by atoms with E-state index in [4.69, 9.17) is 25.8 Å². The van der Waals surface area contributed by atoms with E-state index in [1.165, 1.54) is 6.07 Å². The van der Waals surface area contributed by atoms with Crippen molar-refractivity contribution in [1.29, 1.82) is 0 Å². The average molecular weight is 350 g/mol. The summed E-state index contributed by atoms with van der Waals surface area (Å²) >= 11 is 5.13. The molecule has 0 aliphatic carbocycles. The summed E-state index contributed by atoms with van der Waals surface area (Å²) < 4.78 is 52.1. The first kappa shape index (κ1) is 19.5. The minimum absolute atomic E-state index is 0.0404. The van der Waals surface area contributed by atoms with Crippen LogP contribution in [0, 0.1) is 11.8 Å². The third kappa shape index (κ3) is 8.00. The number of halogens is 4. The molecule has 0 radical (unpaired) electrons. The summed E-state index contributed by atoms with van der Waals surface area (Å²) in [6.45, 7) is 0.980. The lowest BCUT2D eigenvalue weighted by atomic mass is 10.2. The fourth-order valence-electron chi connectivity index (χ4n) is 1.33. The Morgan fingerprint density at radius 1 is 1.22 bits per heavy atom. The lowest BCUT2D eigenvalue weighted by Gasteiger charge is -2.04. The van der Waals surface area contributed by atoms with Gasteiger partial charge >= 0.3 is 6.18 Å². The van der Waals surface area contributed by atoms with Crippen LogP contribution in [0.5, 0.6) is 0 Å². The van der Waals surface area contributed by atoms with Gasteiger partial charge in [0.2, 0.25) is 5.17 Å². The van der Waals surface area contributed by atoms with E-state index in [1.807, 2.05) is 0 Å². The molecule has 0 fully saturated rings. The van der Waals surface area contributed by atoms with E-state index < -0.39 is 11.3 Å². The molecular formula is C15H15ClF3NO3. The molecule has 1 aromatic carbocycles. The molecule has 8 heteroatoms. The second-order valence-electron chi connectivity index (χ2n) is 4.09. The molecule has 4 nitrogen and oxygen atoms in total. The van der Waals surface area contributed by atoms with Gasteiger partial charge < -0.3 is 14.2 Å². The highest BCUT2D eigenvalue weighted by Crippen LogP contribution is 2.25. The molecule has 0 saturated heterocycles. The maximum Gasteiger partial charge on any atom is 0.444 e. The van der Waals surface area contributed by atoms with Gasteiger partial charge in [-0.05, 0) is 12.1 Å². The monoisotopic (exact) mass is 349 g/mol. The molecule has 0 amide bonds. The first-order valence-corrected chi connectivity index (χ1v) is 6.86. The first-order valence-electron chi connectivity index (χ1n) is 6.49. The SMILES string of the molecule is COCCOCOCC#Cc1ccccc1N=C(Cl)C(F)(F)F. The molecule has 0 spiro atoms. The number of hydrogen-bond acceptors (Lipinski definition) is 4. The third-order valence-corrected chi connectivity index (χ3v) is 2.65. The average Bonchev–Trinajstić information content (AvgIpc) is 2.50. The smallest absolute Gasteiger partial charge is 0.382 e. The van der Waals surface area contributed by atoms with Crippen LogP contribution >= 0.6 is 11.6 Å².